The van der Waals surface area contributed by atoms with Crippen molar-refractivity contribution in [1.29, 1.82) is 0 Å². The Morgan fingerprint density at radius 2 is 1.95 bits per heavy atom. The number of carbonyl (C=O) groups excluding carboxylic acids is 1. The maximum atomic E-state index is 12.4. The van der Waals surface area contributed by atoms with Gasteiger partial charge >= 0.3 is 6.18 Å². The van der Waals surface area contributed by atoms with Crippen molar-refractivity contribution in [2.45, 2.75) is 25.2 Å². The number of nitrogens with zero attached hydrogens (tertiary/aromatic N) is 3. The minimum atomic E-state index is -4.58. The fourth-order valence-electron chi connectivity index (χ4n) is 1.64. The number of halogens is 3. The normalized spacial score (nSPS) is 14.9. The van der Waals surface area contributed by atoms with Crippen LogP contribution in [0.25, 0.3) is 0 Å². The number of likely N-dealkylation sites (N-methyl/N-ethyl adjacent to an activating group) is 2. The highest BCUT2D eigenvalue weighted by Crippen LogP contribution is 2.26. The second-order valence-corrected chi connectivity index (χ2v) is 4.58. The Morgan fingerprint density at radius 1 is 1.43 bits per heavy atom. The van der Waals surface area contributed by atoms with Crippen LogP contribution in [0.15, 0.2) is 12.4 Å². The van der Waals surface area contributed by atoms with Crippen molar-refractivity contribution in [3.05, 3.63) is 23.8 Å². The standard InChI is InChI=1S/C12H17F3N4O2/c1-7(19(3)6-9(20)10(21)16-2)8-4-17-11(18-5-8)12(13,14)15/h4-5,7,9,20H,6H2,1-3H3,(H,16,21)/t7-,9+/m0/s1. The molecule has 6 nitrogen and oxygen atoms in total. The maximum absolute atomic E-state index is 12.4. The van der Waals surface area contributed by atoms with E-state index in [1.165, 1.54) is 7.05 Å². The molecule has 9 heteroatoms. The SMILES string of the molecule is CNC(=O)[C@H](O)CN(C)[C@@H](C)c1cnc(C(F)(F)F)nc1. The zero-order valence-corrected chi connectivity index (χ0v) is 11.8. The average molecular weight is 306 g/mol. The van der Waals surface area contributed by atoms with Crippen molar-refractivity contribution >= 4 is 5.91 Å². The number of hydrogen-bond donors (Lipinski definition) is 2. The van der Waals surface area contributed by atoms with Crippen LogP contribution in [0.5, 0.6) is 0 Å². The lowest BCUT2D eigenvalue weighted by Gasteiger charge is -2.26. The third kappa shape index (κ3) is 4.64. The fourth-order valence-corrected chi connectivity index (χ4v) is 1.64. The summed E-state index contributed by atoms with van der Waals surface area (Å²) in [6, 6.07) is -0.355. The van der Waals surface area contributed by atoms with Gasteiger partial charge in [0.2, 0.25) is 11.7 Å². The van der Waals surface area contributed by atoms with Crippen LogP contribution in [0.2, 0.25) is 0 Å². The Hall–Kier alpha value is -1.74. The molecular weight excluding hydrogens is 289 g/mol. The smallest absolute Gasteiger partial charge is 0.382 e. The van der Waals surface area contributed by atoms with Gasteiger partial charge in [-0.3, -0.25) is 9.69 Å². The second-order valence-electron chi connectivity index (χ2n) is 4.58. The molecule has 1 aromatic heterocycles. The van der Waals surface area contributed by atoms with Crippen molar-refractivity contribution < 1.29 is 23.1 Å². The zero-order valence-electron chi connectivity index (χ0n) is 11.8. The molecule has 0 bridgehead atoms. The Labute approximate surface area is 120 Å². The average Bonchev–Trinajstić information content (AvgIpc) is 2.44. The molecule has 0 spiro atoms. The number of carbonyl (C=O) groups is 1. The molecule has 0 fully saturated rings. The first-order valence-electron chi connectivity index (χ1n) is 6.15. The van der Waals surface area contributed by atoms with Crippen molar-refractivity contribution in [3.8, 4) is 0 Å². The van der Waals surface area contributed by atoms with Crippen LogP contribution in [-0.2, 0) is 11.0 Å². The Balaban J connectivity index is 2.74. The van der Waals surface area contributed by atoms with E-state index in [4.69, 9.17) is 0 Å². The molecule has 1 amide bonds. The van der Waals surface area contributed by atoms with Gasteiger partial charge in [-0.1, -0.05) is 0 Å². The molecule has 0 radical (unpaired) electrons. The van der Waals surface area contributed by atoms with Gasteiger partial charge in [0, 0.05) is 37.6 Å². The number of alkyl halides is 3. The number of hydrogen-bond acceptors (Lipinski definition) is 5. The van der Waals surface area contributed by atoms with Gasteiger partial charge in [-0.2, -0.15) is 13.2 Å². The highest BCUT2D eigenvalue weighted by Gasteiger charge is 2.34. The summed E-state index contributed by atoms with van der Waals surface area (Å²) in [5.74, 6) is -1.73. The molecule has 1 aromatic rings. The van der Waals surface area contributed by atoms with Crippen LogP contribution in [0.3, 0.4) is 0 Å². The number of rotatable bonds is 5. The van der Waals surface area contributed by atoms with Crippen molar-refractivity contribution in [2.75, 3.05) is 20.6 Å². The highest BCUT2D eigenvalue weighted by molar-refractivity contribution is 5.80. The first-order chi connectivity index (χ1) is 9.66. The molecule has 0 aromatic carbocycles. The largest absolute Gasteiger partial charge is 0.451 e. The minimum Gasteiger partial charge on any atom is -0.382 e. The molecule has 2 N–H and O–H groups in total. The van der Waals surface area contributed by atoms with Gasteiger partial charge < -0.3 is 10.4 Å². The number of amides is 1. The van der Waals surface area contributed by atoms with Crippen LogP contribution in [0.1, 0.15) is 24.4 Å². The summed E-state index contributed by atoms with van der Waals surface area (Å²) >= 11 is 0. The highest BCUT2D eigenvalue weighted by atomic mass is 19.4. The van der Waals surface area contributed by atoms with Gasteiger partial charge in [0.25, 0.3) is 0 Å². The summed E-state index contributed by atoms with van der Waals surface area (Å²) in [6.07, 6.45) is -3.63. The van der Waals surface area contributed by atoms with E-state index < -0.39 is 24.0 Å². The lowest BCUT2D eigenvalue weighted by atomic mass is 10.1. The first-order valence-corrected chi connectivity index (χ1v) is 6.15. The van der Waals surface area contributed by atoms with Gasteiger partial charge in [0.15, 0.2) is 0 Å². The van der Waals surface area contributed by atoms with Crippen LogP contribution in [-0.4, -0.2) is 52.6 Å². The summed E-state index contributed by atoms with van der Waals surface area (Å²) in [6.45, 7) is 1.74. The Kier molecular flexibility index (Phi) is 5.62. The van der Waals surface area contributed by atoms with E-state index in [1.807, 2.05) is 0 Å². The van der Waals surface area contributed by atoms with Crippen LogP contribution < -0.4 is 5.32 Å². The third-order valence-corrected chi connectivity index (χ3v) is 3.08. The van der Waals surface area contributed by atoms with E-state index in [-0.39, 0.29) is 12.6 Å². The quantitative estimate of drug-likeness (QED) is 0.833. The van der Waals surface area contributed by atoms with E-state index >= 15 is 0 Å². The molecule has 1 heterocycles. The molecule has 0 saturated heterocycles. The molecule has 0 saturated carbocycles. The monoisotopic (exact) mass is 306 g/mol. The topological polar surface area (TPSA) is 78.4 Å². The first kappa shape index (κ1) is 17.3. The number of aliphatic hydroxyl groups excluding tert-OH is 1. The van der Waals surface area contributed by atoms with Crippen molar-refractivity contribution in [2.24, 2.45) is 0 Å². The van der Waals surface area contributed by atoms with Gasteiger partial charge in [0.05, 0.1) is 0 Å². The summed E-state index contributed by atoms with van der Waals surface area (Å²) in [4.78, 5) is 19.4. The molecule has 0 aliphatic carbocycles. The molecule has 2 atom stereocenters. The van der Waals surface area contributed by atoms with Gasteiger partial charge in [-0.05, 0) is 14.0 Å². The predicted octanol–water partition coefficient (Wildman–Crippen LogP) is 0.595. The van der Waals surface area contributed by atoms with Gasteiger partial charge in [0.1, 0.15) is 6.10 Å². The zero-order chi connectivity index (χ0) is 16.2. The summed E-state index contributed by atoms with van der Waals surface area (Å²) in [5.41, 5.74) is 0.453. The molecule has 21 heavy (non-hydrogen) atoms. The van der Waals surface area contributed by atoms with Crippen molar-refractivity contribution in [3.63, 3.8) is 0 Å². The Morgan fingerprint density at radius 3 is 2.38 bits per heavy atom. The lowest BCUT2D eigenvalue weighted by molar-refractivity contribution is -0.145. The van der Waals surface area contributed by atoms with E-state index in [1.54, 1.807) is 18.9 Å². The van der Waals surface area contributed by atoms with E-state index in [2.05, 4.69) is 15.3 Å². The molecule has 0 unspecified atom stereocenters. The van der Waals surface area contributed by atoms with Crippen molar-refractivity contribution in [1.82, 2.24) is 20.2 Å². The predicted molar refractivity (Wildman–Crippen MR) is 68.2 cm³/mol. The van der Waals surface area contributed by atoms with Crippen LogP contribution in [0.4, 0.5) is 13.2 Å². The molecule has 1 rings (SSSR count). The van der Waals surface area contributed by atoms with E-state index in [0.29, 0.717) is 5.56 Å². The summed E-state index contributed by atoms with van der Waals surface area (Å²) < 4.78 is 37.1. The van der Waals surface area contributed by atoms with Crippen LogP contribution >= 0.6 is 0 Å². The van der Waals surface area contributed by atoms with Crippen LogP contribution in [0, 0.1) is 0 Å². The van der Waals surface area contributed by atoms with Gasteiger partial charge in [-0.15, -0.1) is 0 Å². The third-order valence-electron chi connectivity index (χ3n) is 3.08. The van der Waals surface area contributed by atoms with E-state index in [0.717, 1.165) is 12.4 Å². The lowest BCUT2D eigenvalue weighted by Crippen LogP contribution is -2.41. The Bertz CT molecular complexity index is 478. The number of aliphatic hydroxyl groups is 1. The molecule has 0 aliphatic rings. The minimum absolute atomic E-state index is 0.0296. The number of aromatic nitrogens is 2. The molecule has 118 valence electrons. The summed E-state index contributed by atoms with van der Waals surface area (Å²) in [7, 11) is 3.03. The van der Waals surface area contributed by atoms with Gasteiger partial charge in [-0.25, -0.2) is 9.97 Å². The molecule has 0 aliphatic heterocycles. The molecular formula is C12H17F3N4O2. The van der Waals surface area contributed by atoms with E-state index in [9.17, 15) is 23.1 Å². The summed E-state index contributed by atoms with van der Waals surface area (Å²) in [5, 5.41) is 11.9. The number of nitrogens with one attached hydrogen (secondary N) is 1. The fraction of sp³-hybridized carbons (Fsp3) is 0.583. The second kappa shape index (κ2) is 6.81. The maximum Gasteiger partial charge on any atom is 0.451 e.